The predicted molar refractivity (Wildman–Crippen MR) is 90.0 cm³/mol. The number of benzene rings is 1. The molecule has 0 aliphatic carbocycles. The Hall–Kier alpha value is -2.35. The van der Waals surface area contributed by atoms with Gasteiger partial charge in [0.2, 0.25) is 5.91 Å². The average molecular weight is 334 g/mol. The van der Waals surface area contributed by atoms with Gasteiger partial charge in [-0.05, 0) is 31.9 Å². The van der Waals surface area contributed by atoms with Gasteiger partial charge in [-0.15, -0.1) is 0 Å². The maximum absolute atomic E-state index is 12.4. The minimum absolute atomic E-state index is 0.0622. The van der Waals surface area contributed by atoms with Crippen LogP contribution in [0.25, 0.3) is 0 Å². The quantitative estimate of drug-likeness (QED) is 0.720. The molecule has 0 aliphatic rings. The van der Waals surface area contributed by atoms with E-state index < -0.39 is 16.5 Å². The highest BCUT2D eigenvalue weighted by Gasteiger charge is 2.21. The second-order valence-corrected chi connectivity index (χ2v) is 6.33. The first-order chi connectivity index (χ1) is 10.9. The van der Waals surface area contributed by atoms with Gasteiger partial charge in [0.25, 0.3) is 5.56 Å². The van der Waals surface area contributed by atoms with Crippen molar-refractivity contribution in [3.63, 3.8) is 0 Å². The Kier molecular flexibility index (Phi) is 5.38. The number of thioether (sulfide) groups is 1. The third-order valence-electron chi connectivity index (χ3n) is 3.24. The van der Waals surface area contributed by atoms with Gasteiger partial charge in [-0.1, -0.05) is 36.4 Å². The lowest BCUT2D eigenvalue weighted by Crippen LogP contribution is -2.29. The number of anilines is 1. The SMILES string of the molecule is CCC(Sc1n[nH]c(=O)[nH]c1=O)C(=O)Nc1ccc(C)cc1C. The molecule has 23 heavy (non-hydrogen) atoms. The topological polar surface area (TPSA) is 108 Å². The van der Waals surface area contributed by atoms with Crippen LogP contribution in [-0.4, -0.2) is 26.3 Å². The lowest BCUT2D eigenvalue weighted by atomic mass is 10.1. The molecule has 3 N–H and O–H groups in total. The van der Waals surface area contributed by atoms with E-state index in [1.54, 1.807) is 0 Å². The largest absolute Gasteiger partial charge is 0.342 e. The monoisotopic (exact) mass is 334 g/mol. The van der Waals surface area contributed by atoms with Crippen LogP contribution in [0.15, 0.2) is 32.8 Å². The fraction of sp³-hybridized carbons (Fsp3) is 0.333. The van der Waals surface area contributed by atoms with E-state index in [1.165, 1.54) is 0 Å². The van der Waals surface area contributed by atoms with Gasteiger partial charge in [0, 0.05) is 5.69 Å². The molecule has 8 heteroatoms. The fourth-order valence-corrected chi connectivity index (χ4v) is 2.90. The highest BCUT2D eigenvalue weighted by molar-refractivity contribution is 8.00. The Morgan fingerprint density at radius 1 is 1.35 bits per heavy atom. The Bertz CT molecular complexity index is 828. The van der Waals surface area contributed by atoms with Gasteiger partial charge in [0.1, 0.15) is 0 Å². The molecule has 0 radical (unpaired) electrons. The molecule has 1 aromatic heterocycles. The normalized spacial score (nSPS) is 12.0. The fourth-order valence-electron chi connectivity index (χ4n) is 2.04. The van der Waals surface area contributed by atoms with E-state index in [2.05, 4.69) is 20.5 Å². The zero-order valence-corrected chi connectivity index (χ0v) is 13.9. The van der Waals surface area contributed by atoms with E-state index in [9.17, 15) is 14.4 Å². The van der Waals surface area contributed by atoms with E-state index in [4.69, 9.17) is 0 Å². The highest BCUT2D eigenvalue weighted by atomic mass is 32.2. The summed E-state index contributed by atoms with van der Waals surface area (Å²) in [7, 11) is 0. The van der Waals surface area contributed by atoms with E-state index >= 15 is 0 Å². The minimum Gasteiger partial charge on any atom is -0.325 e. The lowest BCUT2D eigenvalue weighted by molar-refractivity contribution is -0.115. The van der Waals surface area contributed by atoms with Gasteiger partial charge in [0.05, 0.1) is 5.25 Å². The molecule has 7 nitrogen and oxygen atoms in total. The summed E-state index contributed by atoms with van der Waals surface area (Å²) in [5.74, 6) is -0.211. The van der Waals surface area contributed by atoms with Crippen LogP contribution in [0, 0.1) is 13.8 Å². The zero-order valence-electron chi connectivity index (χ0n) is 13.1. The van der Waals surface area contributed by atoms with Crippen LogP contribution in [-0.2, 0) is 4.79 Å². The Morgan fingerprint density at radius 2 is 2.09 bits per heavy atom. The van der Waals surface area contributed by atoms with Crippen molar-refractivity contribution in [2.75, 3.05) is 5.32 Å². The van der Waals surface area contributed by atoms with Gasteiger partial charge in [-0.2, -0.15) is 5.10 Å². The molecular weight excluding hydrogens is 316 g/mol. The number of aromatic amines is 2. The minimum atomic E-state index is -0.674. The van der Waals surface area contributed by atoms with Crippen molar-refractivity contribution in [2.24, 2.45) is 0 Å². The second kappa shape index (κ2) is 7.28. The summed E-state index contributed by atoms with van der Waals surface area (Å²) in [4.78, 5) is 37.2. The van der Waals surface area contributed by atoms with Crippen LogP contribution >= 0.6 is 11.8 Å². The van der Waals surface area contributed by atoms with Gasteiger partial charge >= 0.3 is 5.69 Å². The van der Waals surface area contributed by atoms with Gasteiger partial charge in [-0.25, -0.2) is 9.89 Å². The molecule has 1 atom stereocenters. The summed E-state index contributed by atoms with van der Waals surface area (Å²) in [6, 6.07) is 5.76. The maximum Gasteiger partial charge on any atom is 0.342 e. The van der Waals surface area contributed by atoms with Crippen LogP contribution in [0.1, 0.15) is 24.5 Å². The predicted octanol–water partition coefficient (Wildman–Crippen LogP) is 1.58. The number of nitrogens with one attached hydrogen (secondary N) is 3. The van der Waals surface area contributed by atoms with Crippen LogP contribution in [0.2, 0.25) is 0 Å². The van der Waals surface area contributed by atoms with Crippen LogP contribution in [0.4, 0.5) is 5.69 Å². The number of rotatable bonds is 5. The number of hydrogen-bond acceptors (Lipinski definition) is 5. The first kappa shape index (κ1) is 17.0. The van der Waals surface area contributed by atoms with Gasteiger partial charge in [0.15, 0.2) is 5.03 Å². The van der Waals surface area contributed by atoms with Gasteiger partial charge < -0.3 is 5.32 Å². The van der Waals surface area contributed by atoms with E-state index in [1.807, 2.05) is 39.0 Å². The molecule has 2 aromatic rings. The molecular formula is C15H18N4O3S. The highest BCUT2D eigenvalue weighted by Crippen LogP contribution is 2.23. The van der Waals surface area contributed by atoms with Crippen molar-refractivity contribution in [2.45, 2.75) is 37.5 Å². The van der Waals surface area contributed by atoms with Crippen LogP contribution < -0.4 is 16.6 Å². The molecule has 0 fully saturated rings. The molecule has 1 amide bonds. The van der Waals surface area contributed by atoms with E-state index in [-0.39, 0.29) is 10.9 Å². The van der Waals surface area contributed by atoms with Crippen LogP contribution in [0.3, 0.4) is 0 Å². The molecule has 1 heterocycles. The smallest absolute Gasteiger partial charge is 0.325 e. The van der Waals surface area contributed by atoms with Crippen molar-refractivity contribution in [1.82, 2.24) is 15.2 Å². The van der Waals surface area contributed by atoms with Gasteiger partial charge in [-0.3, -0.25) is 14.6 Å². The van der Waals surface area contributed by atoms with Crippen molar-refractivity contribution in [1.29, 1.82) is 0 Å². The number of carbonyl (C=O) groups is 1. The van der Waals surface area contributed by atoms with Crippen molar-refractivity contribution in [3.8, 4) is 0 Å². The Morgan fingerprint density at radius 3 is 2.70 bits per heavy atom. The molecule has 2 rings (SSSR count). The number of aryl methyl sites for hydroxylation is 2. The number of amides is 1. The summed E-state index contributed by atoms with van der Waals surface area (Å²) in [5, 5.41) is 8.29. The Labute approximate surface area is 136 Å². The first-order valence-electron chi connectivity index (χ1n) is 7.14. The van der Waals surface area contributed by atoms with Crippen molar-refractivity contribution < 1.29 is 4.79 Å². The molecule has 0 bridgehead atoms. The molecule has 122 valence electrons. The summed E-state index contributed by atoms with van der Waals surface area (Å²) in [6.45, 7) is 5.75. The Balaban J connectivity index is 2.15. The lowest BCUT2D eigenvalue weighted by Gasteiger charge is -2.15. The molecule has 1 aromatic carbocycles. The molecule has 0 saturated carbocycles. The van der Waals surface area contributed by atoms with Crippen LogP contribution in [0.5, 0.6) is 0 Å². The second-order valence-electron chi connectivity index (χ2n) is 5.13. The van der Waals surface area contributed by atoms with Crippen molar-refractivity contribution >= 4 is 23.4 Å². The third kappa shape index (κ3) is 4.32. The first-order valence-corrected chi connectivity index (χ1v) is 8.02. The molecule has 0 saturated heterocycles. The molecule has 0 spiro atoms. The average Bonchev–Trinajstić information content (AvgIpc) is 2.49. The summed E-state index contributed by atoms with van der Waals surface area (Å²) in [5.41, 5.74) is 1.55. The number of aromatic nitrogens is 3. The number of carbonyl (C=O) groups excluding carboxylic acids is 1. The van der Waals surface area contributed by atoms with E-state index in [0.717, 1.165) is 28.6 Å². The summed E-state index contributed by atoms with van der Waals surface area (Å²) in [6.07, 6.45) is 0.516. The van der Waals surface area contributed by atoms with Crippen molar-refractivity contribution in [3.05, 3.63) is 50.2 Å². The summed E-state index contributed by atoms with van der Waals surface area (Å²) < 4.78 is 0. The number of hydrogen-bond donors (Lipinski definition) is 3. The standard InChI is InChI=1S/C15H18N4O3S/c1-4-11(23-14-13(21)17-15(22)19-18-14)12(20)16-10-6-5-8(2)7-9(10)3/h5-7,11H,4H2,1-3H3,(H,16,20)(H2,17,19,21,22). The molecule has 1 unspecified atom stereocenters. The third-order valence-corrected chi connectivity index (χ3v) is 4.57. The zero-order chi connectivity index (χ0) is 17.0. The number of H-pyrrole nitrogens is 2. The molecule has 0 aliphatic heterocycles. The number of nitrogens with zero attached hydrogens (tertiary/aromatic N) is 1. The van der Waals surface area contributed by atoms with E-state index in [0.29, 0.717) is 6.42 Å². The summed E-state index contributed by atoms with van der Waals surface area (Å²) >= 11 is 1.02. The maximum atomic E-state index is 12.4.